The van der Waals surface area contributed by atoms with Gasteiger partial charge in [0, 0.05) is 35.8 Å². The Morgan fingerprint density at radius 1 is 1.24 bits per heavy atom. The van der Waals surface area contributed by atoms with E-state index in [4.69, 9.17) is 22.0 Å². The SMILES string of the molecule is C[C@H]1NC[C@@H](Cc2ccc(C(N)=O)cc2)OC1C1=CCN(c2ccc3cn[nH]c3c2)C(N)N1N. The van der Waals surface area contributed by atoms with Crippen LogP contribution in [-0.2, 0) is 11.2 Å². The number of aromatic amines is 1. The molecule has 1 aromatic heterocycles. The Morgan fingerprint density at radius 3 is 2.79 bits per heavy atom. The summed E-state index contributed by atoms with van der Waals surface area (Å²) in [6.07, 6.45) is 3.74. The zero-order valence-corrected chi connectivity index (χ0v) is 19.0. The van der Waals surface area contributed by atoms with Gasteiger partial charge in [-0.1, -0.05) is 12.1 Å². The number of hydrogen-bond donors (Lipinski definition) is 5. The molecule has 1 saturated heterocycles. The maximum absolute atomic E-state index is 11.3. The Balaban J connectivity index is 1.31. The number of fused-ring (bicyclic) bond motifs is 1. The van der Waals surface area contributed by atoms with Crippen molar-refractivity contribution in [1.82, 2.24) is 20.5 Å². The standard InChI is InChI=1S/C24H30N8O2/c1-14-22(34-19(13-28-14)10-15-2-4-16(5-3-15)23(25)33)21-8-9-31(24(26)32(21)27)18-7-6-17-12-29-30-20(17)11-18/h2-8,11-12,14,19,22,24,28H,9-10,13,26-27H2,1H3,(H2,25,33)(H,29,30)/t14-,19-,22?,24?/m1/s1. The summed E-state index contributed by atoms with van der Waals surface area (Å²) in [5.74, 6) is 6.07. The van der Waals surface area contributed by atoms with Gasteiger partial charge in [0.15, 0.2) is 6.29 Å². The van der Waals surface area contributed by atoms with E-state index in [9.17, 15) is 4.79 Å². The van der Waals surface area contributed by atoms with Crippen LogP contribution < -0.4 is 27.5 Å². The summed E-state index contributed by atoms with van der Waals surface area (Å²) < 4.78 is 6.50. The molecule has 3 heterocycles. The molecule has 2 unspecified atom stereocenters. The molecule has 0 aliphatic carbocycles. The van der Waals surface area contributed by atoms with Crippen LogP contribution in [0.2, 0.25) is 0 Å². The third-order valence-corrected chi connectivity index (χ3v) is 6.61. The van der Waals surface area contributed by atoms with Gasteiger partial charge in [0.1, 0.15) is 6.10 Å². The fourth-order valence-corrected chi connectivity index (χ4v) is 4.64. The van der Waals surface area contributed by atoms with Crippen LogP contribution in [0.1, 0.15) is 22.8 Å². The number of amides is 1. The predicted octanol–water partition coefficient (Wildman–Crippen LogP) is 0.772. The Labute approximate surface area is 197 Å². The molecule has 2 aromatic carbocycles. The van der Waals surface area contributed by atoms with E-state index >= 15 is 0 Å². The summed E-state index contributed by atoms with van der Waals surface area (Å²) in [6.45, 7) is 3.41. The second kappa shape index (κ2) is 9.07. The molecule has 178 valence electrons. The fraction of sp³-hybridized carbons (Fsp3) is 0.333. The number of nitrogens with two attached hydrogens (primary N) is 3. The summed E-state index contributed by atoms with van der Waals surface area (Å²) in [6, 6.07) is 13.4. The third kappa shape index (κ3) is 4.24. The van der Waals surface area contributed by atoms with Crippen LogP contribution in [0.15, 0.2) is 60.4 Å². The molecular formula is C24H30N8O2. The number of carbonyl (C=O) groups excluding carboxylic acids is 1. The van der Waals surface area contributed by atoms with E-state index in [1.54, 1.807) is 23.3 Å². The largest absolute Gasteiger partial charge is 0.366 e. The van der Waals surface area contributed by atoms with Gasteiger partial charge < -0.3 is 20.7 Å². The molecule has 0 spiro atoms. The lowest BCUT2D eigenvalue weighted by Crippen LogP contribution is -2.64. The van der Waals surface area contributed by atoms with Crippen molar-refractivity contribution in [2.75, 3.05) is 18.0 Å². The number of morpholine rings is 1. The van der Waals surface area contributed by atoms with Crippen LogP contribution in [0.25, 0.3) is 10.9 Å². The highest BCUT2D eigenvalue weighted by atomic mass is 16.5. The van der Waals surface area contributed by atoms with Gasteiger partial charge in [-0.15, -0.1) is 0 Å². The number of anilines is 1. The first-order valence-electron chi connectivity index (χ1n) is 11.4. The molecule has 10 heteroatoms. The van der Waals surface area contributed by atoms with E-state index in [-0.39, 0.29) is 18.2 Å². The maximum Gasteiger partial charge on any atom is 0.248 e. The Bertz CT molecular complexity index is 1210. The van der Waals surface area contributed by atoms with E-state index in [0.29, 0.717) is 18.5 Å². The highest BCUT2D eigenvalue weighted by Crippen LogP contribution is 2.29. The van der Waals surface area contributed by atoms with Crippen LogP contribution >= 0.6 is 0 Å². The molecule has 34 heavy (non-hydrogen) atoms. The third-order valence-electron chi connectivity index (χ3n) is 6.61. The number of H-pyrrole nitrogens is 1. The van der Waals surface area contributed by atoms with Crippen molar-refractivity contribution in [3.63, 3.8) is 0 Å². The van der Waals surface area contributed by atoms with Crippen molar-refractivity contribution in [2.45, 2.75) is 37.9 Å². The molecule has 10 nitrogen and oxygen atoms in total. The van der Waals surface area contributed by atoms with Crippen molar-refractivity contribution in [2.24, 2.45) is 17.3 Å². The highest BCUT2D eigenvalue weighted by molar-refractivity contribution is 5.92. The minimum Gasteiger partial charge on any atom is -0.366 e. The van der Waals surface area contributed by atoms with E-state index in [1.165, 1.54) is 0 Å². The number of benzene rings is 2. The maximum atomic E-state index is 11.3. The van der Waals surface area contributed by atoms with Gasteiger partial charge in [0.05, 0.1) is 23.5 Å². The highest BCUT2D eigenvalue weighted by Gasteiger charge is 2.37. The van der Waals surface area contributed by atoms with Crippen LogP contribution in [-0.4, -0.2) is 58.7 Å². The summed E-state index contributed by atoms with van der Waals surface area (Å²) in [5, 5.41) is 13.3. The molecule has 0 saturated carbocycles. The number of hydrazine groups is 1. The smallest absolute Gasteiger partial charge is 0.248 e. The first-order valence-corrected chi connectivity index (χ1v) is 11.4. The zero-order chi connectivity index (χ0) is 23.8. The number of hydrogen-bond acceptors (Lipinski definition) is 8. The van der Waals surface area contributed by atoms with Gasteiger partial charge >= 0.3 is 0 Å². The van der Waals surface area contributed by atoms with Crippen molar-refractivity contribution in [1.29, 1.82) is 0 Å². The van der Waals surface area contributed by atoms with Gasteiger partial charge in [-0.05, 0) is 55.3 Å². The van der Waals surface area contributed by atoms with Crippen LogP contribution in [0, 0.1) is 0 Å². The molecule has 2 aliphatic heterocycles. The molecule has 3 aromatic rings. The Kier molecular flexibility index (Phi) is 5.96. The minimum atomic E-state index is -0.544. The molecule has 0 radical (unpaired) electrons. The predicted molar refractivity (Wildman–Crippen MR) is 130 cm³/mol. The second-order valence-corrected chi connectivity index (χ2v) is 8.88. The number of nitrogens with zero attached hydrogens (tertiary/aromatic N) is 3. The van der Waals surface area contributed by atoms with E-state index in [2.05, 4.69) is 28.5 Å². The van der Waals surface area contributed by atoms with Gasteiger partial charge in [-0.2, -0.15) is 5.10 Å². The molecule has 1 amide bonds. The monoisotopic (exact) mass is 462 g/mol. The van der Waals surface area contributed by atoms with Crippen molar-refractivity contribution >= 4 is 22.5 Å². The molecule has 0 bridgehead atoms. The molecular weight excluding hydrogens is 432 g/mol. The Hall–Kier alpha value is -3.44. The molecule has 8 N–H and O–H groups in total. The van der Waals surface area contributed by atoms with Crippen molar-refractivity contribution in [3.05, 3.63) is 71.6 Å². The first kappa shape index (κ1) is 22.4. The summed E-state index contributed by atoms with van der Waals surface area (Å²) >= 11 is 0. The average Bonchev–Trinajstić information content (AvgIpc) is 3.30. The van der Waals surface area contributed by atoms with Crippen LogP contribution in [0.5, 0.6) is 0 Å². The summed E-state index contributed by atoms with van der Waals surface area (Å²) in [7, 11) is 0. The summed E-state index contributed by atoms with van der Waals surface area (Å²) in [4.78, 5) is 13.3. The second-order valence-electron chi connectivity index (χ2n) is 8.88. The lowest BCUT2D eigenvalue weighted by Gasteiger charge is -2.46. The normalized spacial score (nSPS) is 25.4. The van der Waals surface area contributed by atoms with Crippen LogP contribution in [0.4, 0.5) is 5.69 Å². The molecule has 2 aliphatic rings. The number of primary amides is 1. The summed E-state index contributed by atoms with van der Waals surface area (Å²) in [5.41, 5.74) is 16.2. The molecule has 5 rings (SSSR count). The van der Waals surface area contributed by atoms with E-state index in [1.807, 2.05) is 35.2 Å². The van der Waals surface area contributed by atoms with Gasteiger partial charge in [-0.25, -0.2) is 5.84 Å². The van der Waals surface area contributed by atoms with Gasteiger partial charge in [-0.3, -0.25) is 20.6 Å². The number of nitrogens with one attached hydrogen (secondary N) is 2. The number of ether oxygens (including phenoxy) is 1. The average molecular weight is 463 g/mol. The molecule has 4 atom stereocenters. The molecule has 1 fully saturated rings. The Morgan fingerprint density at radius 2 is 2.03 bits per heavy atom. The van der Waals surface area contributed by atoms with Crippen molar-refractivity contribution < 1.29 is 9.53 Å². The number of aromatic nitrogens is 2. The zero-order valence-electron chi connectivity index (χ0n) is 19.0. The number of rotatable bonds is 5. The van der Waals surface area contributed by atoms with E-state index in [0.717, 1.165) is 34.4 Å². The van der Waals surface area contributed by atoms with Gasteiger partial charge in [0.2, 0.25) is 5.91 Å². The topological polar surface area (TPSA) is 152 Å². The lowest BCUT2D eigenvalue weighted by molar-refractivity contribution is -0.0550. The van der Waals surface area contributed by atoms with Gasteiger partial charge in [0.25, 0.3) is 0 Å². The van der Waals surface area contributed by atoms with Crippen molar-refractivity contribution in [3.8, 4) is 0 Å². The van der Waals surface area contributed by atoms with E-state index < -0.39 is 12.2 Å². The lowest BCUT2D eigenvalue weighted by atomic mass is 10.0. The quantitative estimate of drug-likeness (QED) is 0.349. The number of carbonyl (C=O) groups is 1. The van der Waals surface area contributed by atoms with Crippen LogP contribution in [0.3, 0.4) is 0 Å². The minimum absolute atomic E-state index is 0.0491. The first-order chi connectivity index (χ1) is 16.4. The fourth-order valence-electron chi connectivity index (χ4n) is 4.64.